The second-order valence-corrected chi connectivity index (χ2v) is 6.90. The fourth-order valence-electron chi connectivity index (χ4n) is 3.43. The molecule has 1 aliphatic rings. The molecule has 1 fully saturated rings. The van der Waals surface area contributed by atoms with Crippen LogP contribution in [-0.2, 0) is 0 Å². The molecule has 2 aromatic carbocycles. The Morgan fingerprint density at radius 2 is 1.76 bits per heavy atom. The van der Waals surface area contributed by atoms with Crippen molar-refractivity contribution in [2.24, 2.45) is 0 Å². The van der Waals surface area contributed by atoms with Gasteiger partial charge in [0.1, 0.15) is 11.6 Å². The Morgan fingerprint density at radius 1 is 0.966 bits per heavy atom. The van der Waals surface area contributed by atoms with Crippen molar-refractivity contribution in [3.63, 3.8) is 0 Å². The predicted molar refractivity (Wildman–Crippen MR) is 115 cm³/mol. The Labute approximate surface area is 170 Å². The van der Waals surface area contributed by atoms with Gasteiger partial charge in [0.25, 0.3) is 5.91 Å². The van der Waals surface area contributed by atoms with E-state index in [0.29, 0.717) is 24.5 Å². The molecule has 6 heteroatoms. The monoisotopic (exact) mass is 388 g/mol. The van der Waals surface area contributed by atoms with E-state index in [-0.39, 0.29) is 5.91 Å². The van der Waals surface area contributed by atoms with Gasteiger partial charge in [-0.2, -0.15) is 0 Å². The van der Waals surface area contributed by atoms with E-state index in [0.717, 1.165) is 24.5 Å². The molecule has 29 heavy (non-hydrogen) atoms. The Morgan fingerprint density at radius 3 is 2.45 bits per heavy atom. The number of carbonyl (C=O) groups is 1. The number of rotatable bonds is 5. The smallest absolute Gasteiger partial charge is 0.255 e. The molecule has 0 radical (unpaired) electrons. The van der Waals surface area contributed by atoms with Crippen LogP contribution in [0, 0.1) is 0 Å². The number of anilines is 3. The van der Waals surface area contributed by atoms with Gasteiger partial charge >= 0.3 is 0 Å². The van der Waals surface area contributed by atoms with Gasteiger partial charge in [0, 0.05) is 49.8 Å². The van der Waals surface area contributed by atoms with E-state index in [2.05, 4.69) is 27.3 Å². The van der Waals surface area contributed by atoms with Crippen molar-refractivity contribution < 1.29 is 9.53 Å². The fraction of sp³-hybridized carbons (Fsp3) is 0.217. The quantitative estimate of drug-likeness (QED) is 0.721. The van der Waals surface area contributed by atoms with E-state index in [1.165, 1.54) is 5.69 Å². The van der Waals surface area contributed by atoms with Gasteiger partial charge in [0.2, 0.25) is 0 Å². The Balaban J connectivity index is 1.36. The number of amides is 1. The summed E-state index contributed by atoms with van der Waals surface area (Å²) in [4.78, 5) is 21.4. The van der Waals surface area contributed by atoms with Gasteiger partial charge in [-0.1, -0.05) is 24.3 Å². The zero-order chi connectivity index (χ0) is 20.1. The van der Waals surface area contributed by atoms with Crippen LogP contribution in [0.5, 0.6) is 5.75 Å². The maximum atomic E-state index is 12.8. The summed E-state index contributed by atoms with van der Waals surface area (Å²) in [7, 11) is 1.64. The highest BCUT2D eigenvalue weighted by molar-refractivity contribution is 5.94. The first kappa shape index (κ1) is 18.8. The third-order valence-corrected chi connectivity index (χ3v) is 5.04. The third kappa shape index (κ3) is 4.48. The largest absolute Gasteiger partial charge is 0.497 e. The molecule has 0 atom stereocenters. The minimum Gasteiger partial charge on any atom is -0.497 e. The molecule has 1 N–H and O–H groups in total. The Bertz CT molecular complexity index is 952. The molecule has 1 amide bonds. The first-order valence-corrected chi connectivity index (χ1v) is 9.69. The molecule has 1 saturated heterocycles. The summed E-state index contributed by atoms with van der Waals surface area (Å²) < 4.78 is 5.23. The van der Waals surface area contributed by atoms with Gasteiger partial charge in [0.15, 0.2) is 0 Å². The summed E-state index contributed by atoms with van der Waals surface area (Å²) in [6, 6.07) is 21.6. The number of para-hydroxylation sites is 1. The van der Waals surface area contributed by atoms with Crippen molar-refractivity contribution in [2.75, 3.05) is 43.5 Å². The van der Waals surface area contributed by atoms with Crippen molar-refractivity contribution in [1.82, 2.24) is 9.88 Å². The van der Waals surface area contributed by atoms with Crippen LogP contribution in [0.4, 0.5) is 17.2 Å². The summed E-state index contributed by atoms with van der Waals surface area (Å²) in [5, 5.41) is 3.23. The van der Waals surface area contributed by atoms with Crippen molar-refractivity contribution in [2.45, 2.75) is 0 Å². The van der Waals surface area contributed by atoms with Crippen molar-refractivity contribution in [3.8, 4) is 5.75 Å². The normalized spacial score (nSPS) is 13.8. The summed E-state index contributed by atoms with van der Waals surface area (Å²) in [6.07, 6.45) is 1.63. The minimum atomic E-state index is 0.0261. The highest BCUT2D eigenvalue weighted by atomic mass is 16.5. The number of piperazine rings is 1. The van der Waals surface area contributed by atoms with Gasteiger partial charge < -0.3 is 19.9 Å². The van der Waals surface area contributed by atoms with Crippen LogP contribution in [0.15, 0.2) is 72.9 Å². The second-order valence-electron chi connectivity index (χ2n) is 6.90. The number of nitrogens with zero attached hydrogens (tertiary/aromatic N) is 3. The van der Waals surface area contributed by atoms with Gasteiger partial charge in [-0.05, 0) is 36.4 Å². The molecule has 4 rings (SSSR count). The molecule has 0 unspecified atom stereocenters. The van der Waals surface area contributed by atoms with E-state index < -0.39 is 0 Å². The number of methoxy groups -OCH3 is 1. The fourth-order valence-corrected chi connectivity index (χ4v) is 3.43. The lowest BCUT2D eigenvalue weighted by molar-refractivity contribution is 0.0746. The molecule has 148 valence electrons. The lowest BCUT2D eigenvalue weighted by Gasteiger charge is -2.36. The third-order valence-electron chi connectivity index (χ3n) is 5.04. The van der Waals surface area contributed by atoms with Gasteiger partial charge in [-0.15, -0.1) is 0 Å². The maximum Gasteiger partial charge on any atom is 0.255 e. The van der Waals surface area contributed by atoms with Crippen LogP contribution in [0.2, 0.25) is 0 Å². The number of ether oxygens (including phenoxy) is 1. The van der Waals surface area contributed by atoms with E-state index >= 15 is 0 Å². The summed E-state index contributed by atoms with van der Waals surface area (Å²) >= 11 is 0. The lowest BCUT2D eigenvalue weighted by atomic mass is 10.2. The van der Waals surface area contributed by atoms with Crippen LogP contribution < -0.4 is 15.0 Å². The molecule has 2 heterocycles. The predicted octanol–water partition coefficient (Wildman–Crippen LogP) is 3.80. The molecular formula is C23H24N4O2. The molecule has 1 aliphatic heterocycles. The molecule has 0 spiro atoms. The molecule has 1 aromatic heterocycles. The molecule has 6 nitrogen and oxygen atoms in total. The molecule has 0 bridgehead atoms. The number of hydrogen-bond donors (Lipinski definition) is 1. The summed E-state index contributed by atoms with van der Waals surface area (Å²) in [5.74, 6) is 1.48. The molecule has 0 saturated carbocycles. The van der Waals surface area contributed by atoms with Crippen LogP contribution in [0.25, 0.3) is 0 Å². The van der Waals surface area contributed by atoms with Gasteiger partial charge in [0.05, 0.1) is 12.7 Å². The van der Waals surface area contributed by atoms with Gasteiger partial charge in [-0.3, -0.25) is 4.79 Å². The topological polar surface area (TPSA) is 57.7 Å². The van der Waals surface area contributed by atoms with Crippen molar-refractivity contribution in [3.05, 3.63) is 78.5 Å². The lowest BCUT2D eigenvalue weighted by Crippen LogP contribution is -2.48. The zero-order valence-electron chi connectivity index (χ0n) is 16.4. The molecule has 0 aliphatic carbocycles. The van der Waals surface area contributed by atoms with E-state index in [1.807, 2.05) is 59.5 Å². The molecular weight excluding hydrogens is 364 g/mol. The van der Waals surface area contributed by atoms with E-state index in [4.69, 9.17) is 4.74 Å². The average molecular weight is 388 g/mol. The zero-order valence-corrected chi connectivity index (χ0v) is 16.4. The van der Waals surface area contributed by atoms with Gasteiger partial charge in [-0.25, -0.2) is 4.98 Å². The number of aromatic nitrogens is 1. The van der Waals surface area contributed by atoms with Crippen LogP contribution in [-0.4, -0.2) is 49.1 Å². The van der Waals surface area contributed by atoms with Crippen LogP contribution in [0.3, 0.4) is 0 Å². The highest BCUT2D eigenvalue weighted by Gasteiger charge is 2.22. The van der Waals surface area contributed by atoms with E-state index in [1.54, 1.807) is 13.3 Å². The maximum absolute atomic E-state index is 12.8. The average Bonchev–Trinajstić information content (AvgIpc) is 2.80. The number of carbonyl (C=O) groups excluding carboxylic acids is 1. The Hall–Kier alpha value is -3.54. The second kappa shape index (κ2) is 8.65. The molecule has 3 aromatic rings. The SMILES string of the molecule is COc1cccc(Nc2ccc(C(=O)N3CCN(c4ccccc4)CC3)cn2)c1. The van der Waals surface area contributed by atoms with Crippen molar-refractivity contribution in [1.29, 1.82) is 0 Å². The first-order chi connectivity index (χ1) is 14.2. The highest BCUT2D eigenvalue weighted by Crippen LogP contribution is 2.21. The number of pyridine rings is 1. The van der Waals surface area contributed by atoms with Crippen LogP contribution >= 0.6 is 0 Å². The summed E-state index contributed by atoms with van der Waals surface area (Å²) in [5.41, 5.74) is 2.69. The number of benzene rings is 2. The number of nitrogens with one attached hydrogen (secondary N) is 1. The first-order valence-electron chi connectivity index (χ1n) is 9.69. The standard InChI is InChI=1S/C23H24N4O2/c1-29-21-9-5-6-19(16-21)25-22-11-10-18(17-24-22)23(28)27-14-12-26(13-15-27)20-7-3-2-4-8-20/h2-11,16-17H,12-15H2,1H3,(H,24,25). The van der Waals surface area contributed by atoms with Crippen molar-refractivity contribution >= 4 is 23.1 Å². The minimum absolute atomic E-state index is 0.0261. The van der Waals surface area contributed by atoms with Crippen LogP contribution in [0.1, 0.15) is 10.4 Å². The van der Waals surface area contributed by atoms with E-state index in [9.17, 15) is 4.79 Å². The summed E-state index contributed by atoms with van der Waals surface area (Å²) in [6.45, 7) is 3.08. The Kier molecular flexibility index (Phi) is 5.61. The number of hydrogen-bond acceptors (Lipinski definition) is 5.